The fraction of sp³-hybridized carbons (Fsp3) is 0.500. The minimum atomic E-state index is -2.58. The van der Waals surface area contributed by atoms with Gasteiger partial charge in [0, 0.05) is 37.8 Å². The molecule has 1 heterocycles. The molecule has 1 aromatic rings. The zero-order chi connectivity index (χ0) is 13.1. The van der Waals surface area contributed by atoms with Crippen molar-refractivity contribution in [2.24, 2.45) is 0 Å². The zero-order valence-electron chi connectivity index (χ0n) is 9.81. The van der Waals surface area contributed by atoms with Gasteiger partial charge in [-0.25, -0.2) is 8.78 Å². The van der Waals surface area contributed by atoms with Crippen molar-refractivity contribution in [1.29, 1.82) is 0 Å². The van der Waals surface area contributed by atoms with Crippen LogP contribution in [0.5, 0.6) is 11.5 Å². The van der Waals surface area contributed by atoms with E-state index in [1.165, 1.54) is 12.1 Å². The molecule has 2 rings (SSSR count). The van der Waals surface area contributed by atoms with E-state index in [2.05, 4.69) is 5.32 Å². The van der Waals surface area contributed by atoms with Crippen LogP contribution in [0, 0.1) is 0 Å². The van der Waals surface area contributed by atoms with E-state index in [1.807, 2.05) is 0 Å². The third-order valence-electron chi connectivity index (χ3n) is 3.12. The number of phenolic OH excluding ortho intramolecular Hbond substituents is 2. The molecule has 1 saturated heterocycles. The van der Waals surface area contributed by atoms with Gasteiger partial charge in [-0.1, -0.05) is 0 Å². The lowest BCUT2D eigenvalue weighted by molar-refractivity contribution is 0.0170. The second kappa shape index (κ2) is 5.49. The quantitative estimate of drug-likeness (QED) is 0.765. The smallest absolute Gasteiger partial charge is 0.258 e. The van der Waals surface area contributed by atoms with Gasteiger partial charge in [-0.05, 0) is 12.1 Å². The summed E-state index contributed by atoms with van der Waals surface area (Å²) in [5, 5.41) is 22.0. The van der Waals surface area contributed by atoms with Crippen molar-refractivity contribution in [3.8, 4) is 11.5 Å². The molecule has 0 aromatic heterocycles. The van der Waals surface area contributed by atoms with Gasteiger partial charge >= 0.3 is 0 Å². The molecule has 0 saturated carbocycles. The Morgan fingerprint density at radius 3 is 2.39 bits per heavy atom. The van der Waals surface area contributed by atoms with E-state index in [9.17, 15) is 19.0 Å². The van der Waals surface area contributed by atoms with Crippen LogP contribution in [0.2, 0.25) is 0 Å². The molecule has 0 amide bonds. The Balaban J connectivity index is 2.28. The number of nitrogens with zero attached hydrogens (tertiary/aromatic N) is 1. The molecule has 0 radical (unpaired) electrons. The van der Waals surface area contributed by atoms with Crippen LogP contribution in [0.15, 0.2) is 18.2 Å². The van der Waals surface area contributed by atoms with Crippen molar-refractivity contribution < 1.29 is 19.0 Å². The van der Waals surface area contributed by atoms with E-state index < -0.39 is 12.5 Å². The Hall–Kier alpha value is -1.40. The zero-order valence-corrected chi connectivity index (χ0v) is 9.81. The van der Waals surface area contributed by atoms with E-state index in [0.29, 0.717) is 26.2 Å². The number of rotatable bonds is 3. The van der Waals surface area contributed by atoms with Crippen LogP contribution >= 0.6 is 0 Å². The van der Waals surface area contributed by atoms with Crippen LogP contribution in [-0.2, 0) is 0 Å². The molecule has 1 aliphatic heterocycles. The number of phenols is 2. The maximum atomic E-state index is 13.2. The van der Waals surface area contributed by atoms with Crippen LogP contribution in [-0.4, -0.2) is 47.7 Å². The lowest BCUT2D eigenvalue weighted by atomic mass is 10.0. The maximum absolute atomic E-state index is 13.2. The Kier molecular flexibility index (Phi) is 3.98. The summed E-state index contributed by atoms with van der Waals surface area (Å²) in [7, 11) is 0. The third-order valence-corrected chi connectivity index (χ3v) is 3.12. The topological polar surface area (TPSA) is 55.7 Å². The summed E-state index contributed by atoms with van der Waals surface area (Å²) in [6, 6.07) is 2.62. The highest BCUT2D eigenvalue weighted by Crippen LogP contribution is 2.35. The van der Waals surface area contributed by atoms with Gasteiger partial charge in [-0.2, -0.15) is 0 Å². The SMILES string of the molecule is Oc1ccc([C@H](C(F)F)N2CCNCC2)c(O)c1. The summed E-state index contributed by atoms with van der Waals surface area (Å²) in [5.74, 6) is -0.427. The summed E-state index contributed by atoms with van der Waals surface area (Å²) >= 11 is 0. The Morgan fingerprint density at radius 2 is 1.83 bits per heavy atom. The molecule has 1 aromatic carbocycles. The number of benzene rings is 1. The molecule has 0 spiro atoms. The first kappa shape index (κ1) is 13.0. The van der Waals surface area contributed by atoms with E-state index in [1.54, 1.807) is 4.90 Å². The maximum Gasteiger partial charge on any atom is 0.258 e. The summed E-state index contributed by atoms with van der Waals surface area (Å²) in [5.41, 5.74) is 0.157. The van der Waals surface area contributed by atoms with Gasteiger partial charge in [-0.15, -0.1) is 0 Å². The molecule has 1 atom stereocenters. The first-order valence-corrected chi connectivity index (χ1v) is 5.84. The van der Waals surface area contributed by atoms with Crippen molar-refractivity contribution in [3.05, 3.63) is 23.8 Å². The molecule has 6 heteroatoms. The molecule has 4 nitrogen and oxygen atoms in total. The molecule has 0 unspecified atom stereocenters. The Bertz CT molecular complexity index is 409. The lowest BCUT2D eigenvalue weighted by Gasteiger charge is -2.34. The molecule has 0 bridgehead atoms. The van der Waals surface area contributed by atoms with Crippen molar-refractivity contribution in [2.75, 3.05) is 26.2 Å². The van der Waals surface area contributed by atoms with Crippen molar-refractivity contribution in [1.82, 2.24) is 10.2 Å². The molecule has 1 aliphatic rings. The van der Waals surface area contributed by atoms with E-state index >= 15 is 0 Å². The standard InChI is InChI=1S/C12H16F2N2O2/c13-12(14)11(16-5-3-15-4-6-16)9-2-1-8(17)7-10(9)18/h1-2,7,11-12,15,17-18H,3-6H2/t11-/m1/s1. The van der Waals surface area contributed by atoms with Gasteiger partial charge in [0.15, 0.2) is 0 Å². The summed E-state index contributed by atoms with van der Waals surface area (Å²) in [4.78, 5) is 1.65. The normalized spacial score (nSPS) is 19.1. The highest BCUT2D eigenvalue weighted by Gasteiger charge is 2.31. The number of hydrogen-bond donors (Lipinski definition) is 3. The van der Waals surface area contributed by atoms with Crippen LogP contribution in [0.4, 0.5) is 8.78 Å². The van der Waals surface area contributed by atoms with Crippen LogP contribution < -0.4 is 5.32 Å². The van der Waals surface area contributed by atoms with Crippen molar-refractivity contribution >= 4 is 0 Å². The van der Waals surface area contributed by atoms with Gasteiger partial charge in [-0.3, -0.25) is 4.90 Å². The largest absolute Gasteiger partial charge is 0.508 e. The second-order valence-electron chi connectivity index (χ2n) is 4.31. The number of aromatic hydroxyl groups is 2. The number of piperazine rings is 1. The lowest BCUT2D eigenvalue weighted by Crippen LogP contribution is -2.46. The van der Waals surface area contributed by atoms with Crippen LogP contribution in [0.3, 0.4) is 0 Å². The minimum absolute atomic E-state index is 0.135. The molecular formula is C12H16F2N2O2. The van der Waals surface area contributed by atoms with Gasteiger partial charge in [0.1, 0.15) is 11.5 Å². The average molecular weight is 258 g/mol. The summed E-state index contributed by atoms with van der Waals surface area (Å²) < 4.78 is 26.4. The summed E-state index contributed by atoms with van der Waals surface area (Å²) in [6.45, 7) is 2.33. The van der Waals surface area contributed by atoms with E-state index in [4.69, 9.17) is 0 Å². The molecular weight excluding hydrogens is 242 g/mol. The van der Waals surface area contributed by atoms with Gasteiger partial charge in [0.05, 0.1) is 6.04 Å². The third kappa shape index (κ3) is 2.70. The first-order valence-electron chi connectivity index (χ1n) is 5.84. The van der Waals surface area contributed by atoms with Gasteiger partial charge < -0.3 is 15.5 Å². The predicted molar refractivity (Wildman–Crippen MR) is 63.0 cm³/mol. The fourth-order valence-electron chi connectivity index (χ4n) is 2.23. The van der Waals surface area contributed by atoms with Gasteiger partial charge in [0.25, 0.3) is 6.43 Å². The van der Waals surface area contributed by atoms with Crippen LogP contribution in [0.25, 0.3) is 0 Å². The second-order valence-corrected chi connectivity index (χ2v) is 4.31. The predicted octanol–water partition coefficient (Wildman–Crippen LogP) is 1.31. The van der Waals surface area contributed by atoms with E-state index in [-0.39, 0.29) is 17.1 Å². The minimum Gasteiger partial charge on any atom is -0.508 e. The monoisotopic (exact) mass is 258 g/mol. The molecule has 100 valence electrons. The Morgan fingerprint density at radius 1 is 1.17 bits per heavy atom. The number of alkyl halides is 2. The molecule has 18 heavy (non-hydrogen) atoms. The van der Waals surface area contributed by atoms with Crippen LogP contribution in [0.1, 0.15) is 11.6 Å². The molecule has 0 aliphatic carbocycles. The van der Waals surface area contributed by atoms with Crippen molar-refractivity contribution in [2.45, 2.75) is 12.5 Å². The fourth-order valence-corrected chi connectivity index (χ4v) is 2.23. The highest BCUT2D eigenvalue weighted by atomic mass is 19.3. The first-order chi connectivity index (χ1) is 8.59. The Labute approximate surface area is 104 Å². The summed E-state index contributed by atoms with van der Waals surface area (Å²) in [6.07, 6.45) is -2.58. The number of halogens is 2. The van der Waals surface area contributed by atoms with Gasteiger partial charge in [0.2, 0.25) is 0 Å². The molecule has 1 fully saturated rings. The number of hydrogen-bond acceptors (Lipinski definition) is 4. The molecule has 3 N–H and O–H groups in total. The highest BCUT2D eigenvalue weighted by molar-refractivity contribution is 5.41. The number of nitrogens with one attached hydrogen (secondary N) is 1. The van der Waals surface area contributed by atoms with Crippen molar-refractivity contribution in [3.63, 3.8) is 0 Å². The van der Waals surface area contributed by atoms with E-state index in [0.717, 1.165) is 6.07 Å². The average Bonchev–Trinajstić information content (AvgIpc) is 2.33.